The average Bonchev–Trinajstić information content (AvgIpc) is 2.73. The van der Waals surface area contributed by atoms with Crippen LogP contribution in [-0.2, 0) is 0 Å². The highest BCUT2D eigenvalue weighted by Crippen LogP contribution is 2.16. The standard InChI is InChI=1S/C20H29N7O/c1-4-9-25(10-5-2)18(28)17-15-16(3)23-20(24-17)27-13-11-26(12-14-27)19-21-7-6-8-22-19/h6-8,15H,4-5,9-14H2,1-3H3. The lowest BCUT2D eigenvalue weighted by Crippen LogP contribution is -2.48. The second kappa shape index (κ2) is 9.43. The topological polar surface area (TPSA) is 78.4 Å². The smallest absolute Gasteiger partial charge is 0.272 e. The fraction of sp³-hybridized carbons (Fsp3) is 0.550. The maximum Gasteiger partial charge on any atom is 0.272 e. The predicted octanol–water partition coefficient (Wildman–Crippen LogP) is 2.16. The minimum atomic E-state index is -0.00762. The zero-order valence-electron chi connectivity index (χ0n) is 17.0. The van der Waals surface area contributed by atoms with Gasteiger partial charge in [-0.05, 0) is 31.9 Å². The van der Waals surface area contributed by atoms with E-state index in [9.17, 15) is 4.79 Å². The molecule has 3 rings (SSSR count). The van der Waals surface area contributed by atoms with Crippen LogP contribution < -0.4 is 9.80 Å². The second-order valence-electron chi connectivity index (χ2n) is 7.01. The van der Waals surface area contributed by atoms with Crippen molar-refractivity contribution in [3.05, 3.63) is 35.9 Å². The van der Waals surface area contributed by atoms with Crippen LogP contribution in [0.4, 0.5) is 11.9 Å². The summed E-state index contributed by atoms with van der Waals surface area (Å²) in [7, 11) is 0. The number of anilines is 2. The number of aryl methyl sites for hydroxylation is 1. The predicted molar refractivity (Wildman–Crippen MR) is 110 cm³/mol. The van der Waals surface area contributed by atoms with Crippen LogP contribution in [0.2, 0.25) is 0 Å². The molecule has 28 heavy (non-hydrogen) atoms. The molecule has 0 radical (unpaired) electrons. The quantitative estimate of drug-likeness (QED) is 0.725. The minimum absolute atomic E-state index is 0.00762. The van der Waals surface area contributed by atoms with Gasteiger partial charge in [-0.15, -0.1) is 0 Å². The summed E-state index contributed by atoms with van der Waals surface area (Å²) in [5.41, 5.74) is 1.30. The molecular formula is C20H29N7O. The number of hydrogen-bond acceptors (Lipinski definition) is 7. The van der Waals surface area contributed by atoms with Gasteiger partial charge in [0.2, 0.25) is 11.9 Å². The number of piperazine rings is 1. The second-order valence-corrected chi connectivity index (χ2v) is 7.01. The molecule has 1 aliphatic heterocycles. The van der Waals surface area contributed by atoms with E-state index < -0.39 is 0 Å². The zero-order chi connectivity index (χ0) is 19.9. The number of carbonyl (C=O) groups excluding carboxylic acids is 1. The van der Waals surface area contributed by atoms with E-state index in [1.165, 1.54) is 0 Å². The summed E-state index contributed by atoms with van der Waals surface area (Å²) >= 11 is 0. The summed E-state index contributed by atoms with van der Waals surface area (Å²) in [5, 5.41) is 0. The Labute approximate surface area is 166 Å². The van der Waals surface area contributed by atoms with E-state index in [0.29, 0.717) is 11.6 Å². The molecule has 2 aromatic heterocycles. The molecule has 1 saturated heterocycles. The summed E-state index contributed by atoms with van der Waals surface area (Å²) < 4.78 is 0. The Morgan fingerprint density at radius 1 is 0.964 bits per heavy atom. The maximum absolute atomic E-state index is 12.9. The third-order valence-electron chi connectivity index (χ3n) is 4.73. The third-order valence-corrected chi connectivity index (χ3v) is 4.73. The Hall–Kier alpha value is -2.77. The minimum Gasteiger partial charge on any atom is -0.337 e. The van der Waals surface area contributed by atoms with Gasteiger partial charge in [0.1, 0.15) is 5.69 Å². The van der Waals surface area contributed by atoms with Gasteiger partial charge in [-0.2, -0.15) is 0 Å². The Kier molecular flexibility index (Phi) is 6.73. The van der Waals surface area contributed by atoms with Crippen molar-refractivity contribution in [3.8, 4) is 0 Å². The van der Waals surface area contributed by atoms with E-state index >= 15 is 0 Å². The van der Waals surface area contributed by atoms with Gasteiger partial charge < -0.3 is 14.7 Å². The van der Waals surface area contributed by atoms with Crippen LogP contribution >= 0.6 is 0 Å². The molecule has 0 N–H and O–H groups in total. The number of aromatic nitrogens is 4. The van der Waals surface area contributed by atoms with Crippen LogP contribution in [0.25, 0.3) is 0 Å². The Balaban J connectivity index is 1.72. The molecule has 0 bridgehead atoms. The van der Waals surface area contributed by atoms with E-state index in [4.69, 9.17) is 0 Å². The number of hydrogen-bond donors (Lipinski definition) is 0. The monoisotopic (exact) mass is 383 g/mol. The summed E-state index contributed by atoms with van der Waals surface area (Å²) in [6.45, 7) is 10.7. The van der Waals surface area contributed by atoms with Crippen molar-refractivity contribution < 1.29 is 4.79 Å². The van der Waals surface area contributed by atoms with Crippen molar-refractivity contribution in [1.29, 1.82) is 0 Å². The maximum atomic E-state index is 12.9. The van der Waals surface area contributed by atoms with Crippen LogP contribution in [0.5, 0.6) is 0 Å². The fourth-order valence-electron chi connectivity index (χ4n) is 3.38. The lowest BCUT2D eigenvalue weighted by atomic mass is 10.2. The molecule has 0 spiro atoms. The molecule has 1 amide bonds. The molecule has 0 saturated carbocycles. The number of rotatable bonds is 7. The molecular weight excluding hydrogens is 354 g/mol. The first kappa shape index (κ1) is 20.0. The number of nitrogens with zero attached hydrogens (tertiary/aromatic N) is 7. The lowest BCUT2D eigenvalue weighted by molar-refractivity contribution is 0.0749. The average molecular weight is 384 g/mol. The normalized spacial score (nSPS) is 14.2. The van der Waals surface area contributed by atoms with Gasteiger partial charge in [0.25, 0.3) is 5.91 Å². The van der Waals surface area contributed by atoms with Crippen molar-refractivity contribution in [2.75, 3.05) is 49.1 Å². The van der Waals surface area contributed by atoms with E-state index in [1.807, 2.05) is 17.9 Å². The molecule has 8 nitrogen and oxygen atoms in total. The Morgan fingerprint density at radius 3 is 2.11 bits per heavy atom. The highest BCUT2D eigenvalue weighted by Gasteiger charge is 2.23. The van der Waals surface area contributed by atoms with E-state index in [1.54, 1.807) is 18.5 Å². The lowest BCUT2D eigenvalue weighted by Gasteiger charge is -2.34. The van der Waals surface area contributed by atoms with Crippen molar-refractivity contribution in [2.24, 2.45) is 0 Å². The molecule has 1 fully saturated rings. The molecule has 8 heteroatoms. The van der Waals surface area contributed by atoms with Gasteiger partial charge in [-0.1, -0.05) is 13.8 Å². The first-order valence-electron chi connectivity index (χ1n) is 10.0. The van der Waals surface area contributed by atoms with Gasteiger partial charge in [0, 0.05) is 57.4 Å². The molecule has 3 heterocycles. The van der Waals surface area contributed by atoms with Crippen LogP contribution in [0.1, 0.15) is 42.9 Å². The van der Waals surface area contributed by atoms with Gasteiger partial charge >= 0.3 is 0 Å². The summed E-state index contributed by atoms with van der Waals surface area (Å²) in [6, 6.07) is 3.61. The Morgan fingerprint density at radius 2 is 1.54 bits per heavy atom. The largest absolute Gasteiger partial charge is 0.337 e. The van der Waals surface area contributed by atoms with E-state index in [-0.39, 0.29) is 5.91 Å². The van der Waals surface area contributed by atoms with Gasteiger partial charge in [-0.3, -0.25) is 4.79 Å². The third kappa shape index (κ3) is 4.74. The Bertz CT molecular complexity index is 769. The van der Waals surface area contributed by atoms with Gasteiger partial charge in [0.05, 0.1) is 0 Å². The first-order chi connectivity index (χ1) is 13.6. The molecule has 0 unspecified atom stereocenters. The van der Waals surface area contributed by atoms with Crippen molar-refractivity contribution in [3.63, 3.8) is 0 Å². The van der Waals surface area contributed by atoms with Crippen LogP contribution in [0.15, 0.2) is 24.5 Å². The van der Waals surface area contributed by atoms with E-state index in [0.717, 1.165) is 63.8 Å². The highest BCUT2D eigenvalue weighted by molar-refractivity contribution is 5.92. The highest BCUT2D eigenvalue weighted by atomic mass is 16.2. The van der Waals surface area contributed by atoms with Crippen molar-refractivity contribution in [1.82, 2.24) is 24.8 Å². The molecule has 0 aromatic carbocycles. The number of carbonyl (C=O) groups is 1. The molecule has 0 atom stereocenters. The van der Waals surface area contributed by atoms with Gasteiger partial charge in [0.15, 0.2) is 0 Å². The van der Waals surface area contributed by atoms with E-state index in [2.05, 4.69) is 43.6 Å². The molecule has 1 aliphatic rings. The summed E-state index contributed by atoms with van der Waals surface area (Å²) in [6.07, 6.45) is 5.39. The molecule has 2 aromatic rings. The number of amides is 1. The van der Waals surface area contributed by atoms with Gasteiger partial charge in [-0.25, -0.2) is 19.9 Å². The van der Waals surface area contributed by atoms with Crippen LogP contribution in [-0.4, -0.2) is 70.0 Å². The SMILES string of the molecule is CCCN(CCC)C(=O)c1cc(C)nc(N2CCN(c3ncccn3)CC2)n1. The van der Waals surface area contributed by atoms with Crippen LogP contribution in [0.3, 0.4) is 0 Å². The summed E-state index contributed by atoms with van der Waals surface area (Å²) in [5.74, 6) is 1.37. The van der Waals surface area contributed by atoms with Crippen molar-refractivity contribution in [2.45, 2.75) is 33.6 Å². The fourth-order valence-corrected chi connectivity index (χ4v) is 3.38. The first-order valence-corrected chi connectivity index (χ1v) is 10.0. The molecule has 150 valence electrons. The molecule has 0 aliphatic carbocycles. The summed E-state index contributed by atoms with van der Waals surface area (Å²) in [4.78, 5) is 37.0. The van der Waals surface area contributed by atoms with Crippen LogP contribution in [0, 0.1) is 6.92 Å². The van der Waals surface area contributed by atoms with Crippen molar-refractivity contribution >= 4 is 17.8 Å². The zero-order valence-corrected chi connectivity index (χ0v) is 17.0.